The van der Waals surface area contributed by atoms with E-state index < -0.39 is 0 Å². The number of fused-ring (bicyclic) bond motifs is 2. The lowest BCUT2D eigenvalue weighted by molar-refractivity contribution is -0.152. The van der Waals surface area contributed by atoms with Gasteiger partial charge in [0, 0.05) is 13.1 Å². The number of hydrogen-bond donors (Lipinski definition) is 0. The summed E-state index contributed by atoms with van der Waals surface area (Å²) < 4.78 is 4.92. The van der Waals surface area contributed by atoms with Gasteiger partial charge in [-0.3, -0.25) is 9.59 Å². The fourth-order valence-corrected chi connectivity index (χ4v) is 3.85. The van der Waals surface area contributed by atoms with E-state index in [-0.39, 0.29) is 16.8 Å². The molecule has 0 N–H and O–H groups in total. The summed E-state index contributed by atoms with van der Waals surface area (Å²) in [7, 11) is 1.45. The minimum atomic E-state index is -0.338. The Morgan fingerprint density at radius 2 is 1.65 bits per heavy atom. The molecule has 2 bridgehead atoms. The lowest BCUT2D eigenvalue weighted by atomic mass is 9.81. The maximum atomic E-state index is 12.4. The zero-order valence-electron chi connectivity index (χ0n) is 10.3. The van der Waals surface area contributed by atoms with Gasteiger partial charge in [-0.15, -0.1) is 0 Å². The molecule has 0 spiro atoms. The summed E-state index contributed by atoms with van der Waals surface area (Å²) in [6.07, 6.45) is 5.26. The van der Waals surface area contributed by atoms with Crippen LogP contribution < -0.4 is 0 Å². The number of carbonyl (C=O) groups excluding carboxylic acids is 2. The molecule has 0 aromatic rings. The van der Waals surface area contributed by atoms with E-state index in [9.17, 15) is 9.59 Å². The second-order valence-electron chi connectivity index (χ2n) is 5.87. The second-order valence-corrected chi connectivity index (χ2v) is 5.87. The second kappa shape index (κ2) is 3.47. The Bertz CT molecular complexity index is 365. The van der Waals surface area contributed by atoms with Crippen LogP contribution in [0.25, 0.3) is 0 Å². The number of amides is 1. The van der Waals surface area contributed by atoms with Gasteiger partial charge in [-0.1, -0.05) is 0 Å². The molecular formula is C13H19NO3. The minimum Gasteiger partial charge on any atom is -0.469 e. The lowest BCUT2D eigenvalue weighted by Crippen LogP contribution is -2.49. The van der Waals surface area contributed by atoms with Crippen molar-refractivity contribution in [3.8, 4) is 0 Å². The van der Waals surface area contributed by atoms with Gasteiger partial charge in [0.2, 0.25) is 5.91 Å². The molecule has 1 aliphatic heterocycles. The Labute approximate surface area is 101 Å². The first-order valence-electron chi connectivity index (χ1n) is 6.50. The highest BCUT2D eigenvalue weighted by atomic mass is 16.5. The van der Waals surface area contributed by atoms with Crippen molar-refractivity contribution in [2.24, 2.45) is 10.8 Å². The number of methoxy groups -OCH3 is 1. The predicted octanol–water partition coefficient (Wildman–Crippen LogP) is 1.34. The highest BCUT2D eigenvalue weighted by molar-refractivity contribution is 5.88. The molecule has 0 unspecified atom stereocenters. The third-order valence-electron chi connectivity index (χ3n) is 5.06. The molecule has 0 atom stereocenters. The molecule has 17 heavy (non-hydrogen) atoms. The highest BCUT2D eigenvalue weighted by Gasteiger charge is 2.62. The van der Waals surface area contributed by atoms with E-state index in [4.69, 9.17) is 4.74 Å². The summed E-state index contributed by atoms with van der Waals surface area (Å²) in [5.74, 6) is 0.195. The van der Waals surface area contributed by atoms with E-state index in [1.165, 1.54) is 7.11 Å². The topological polar surface area (TPSA) is 46.6 Å². The average molecular weight is 237 g/mol. The zero-order valence-corrected chi connectivity index (χ0v) is 10.3. The Balaban J connectivity index is 1.79. The lowest BCUT2D eigenvalue weighted by Gasteiger charge is -2.38. The van der Waals surface area contributed by atoms with Crippen molar-refractivity contribution in [2.45, 2.75) is 38.5 Å². The first-order valence-corrected chi connectivity index (χ1v) is 6.50. The predicted molar refractivity (Wildman–Crippen MR) is 61.2 cm³/mol. The summed E-state index contributed by atoms with van der Waals surface area (Å²) in [5, 5.41) is 0. The van der Waals surface area contributed by atoms with Crippen molar-refractivity contribution in [3.05, 3.63) is 0 Å². The molecule has 4 nitrogen and oxygen atoms in total. The molecule has 4 heteroatoms. The first kappa shape index (κ1) is 11.1. The van der Waals surface area contributed by atoms with Gasteiger partial charge in [0.25, 0.3) is 0 Å². The third-order valence-corrected chi connectivity index (χ3v) is 5.06. The van der Waals surface area contributed by atoms with Gasteiger partial charge in [0.15, 0.2) is 0 Å². The van der Waals surface area contributed by atoms with Crippen LogP contribution in [-0.2, 0) is 14.3 Å². The summed E-state index contributed by atoms with van der Waals surface area (Å²) >= 11 is 0. The summed E-state index contributed by atoms with van der Waals surface area (Å²) in [6, 6.07) is 0. The molecule has 94 valence electrons. The van der Waals surface area contributed by atoms with Crippen molar-refractivity contribution in [3.63, 3.8) is 0 Å². The summed E-state index contributed by atoms with van der Waals surface area (Å²) in [6.45, 7) is 1.82. The molecular weight excluding hydrogens is 218 g/mol. The molecule has 0 aromatic heterocycles. The van der Waals surface area contributed by atoms with Gasteiger partial charge in [-0.05, 0) is 38.5 Å². The normalized spacial score (nSPS) is 39.0. The van der Waals surface area contributed by atoms with Crippen LogP contribution in [0.15, 0.2) is 0 Å². The van der Waals surface area contributed by atoms with Crippen molar-refractivity contribution < 1.29 is 14.3 Å². The Morgan fingerprint density at radius 1 is 1.06 bits per heavy atom. The van der Waals surface area contributed by atoms with E-state index >= 15 is 0 Å². The van der Waals surface area contributed by atoms with Gasteiger partial charge in [0.1, 0.15) is 0 Å². The number of esters is 1. The van der Waals surface area contributed by atoms with Crippen LogP contribution in [0.4, 0.5) is 0 Å². The van der Waals surface area contributed by atoms with Gasteiger partial charge in [-0.25, -0.2) is 0 Å². The van der Waals surface area contributed by atoms with Crippen LogP contribution >= 0.6 is 0 Å². The summed E-state index contributed by atoms with van der Waals surface area (Å²) in [5.41, 5.74) is -0.566. The van der Waals surface area contributed by atoms with Crippen LogP contribution in [0.3, 0.4) is 0 Å². The maximum absolute atomic E-state index is 12.4. The van der Waals surface area contributed by atoms with E-state index in [2.05, 4.69) is 0 Å². The highest BCUT2D eigenvalue weighted by Crippen LogP contribution is 2.62. The molecule has 3 rings (SSSR count). The minimum absolute atomic E-state index is 0.103. The smallest absolute Gasteiger partial charge is 0.311 e. The molecule has 0 aromatic carbocycles. The third kappa shape index (κ3) is 1.36. The Kier molecular flexibility index (Phi) is 2.25. The SMILES string of the molecule is COC(=O)C12CCC(C(=O)N3CCC3)(CC1)C2. The van der Waals surface area contributed by atoms with Crippen LogP contribution in [0.2, 0.25) is 0 Å². The molecule has 1 amide bonds. The monoisotopic (exact) mass is 237 g/mol. The molecule has 0 radical (unpaired) electrons. The fraction of sp³-hybridized carbons (Fsp3) is 0.846. The first-order chi connectivity index (χ1) is 8.12. The van der Waals surface area contributed by atoms with E-state index in [1.54, 1.807) is 0 Å². The molecule has 2 saturated carbocycles. The molecule has 2 aliphatic carbocycles. The Morgan fingerprint density at radius 3 is 2.12 bits per heavy atom. The molecule has 1 heterocycles. The molecule has 3 fully saturated rings. The van der Waals surface area contributed by atoms with Gasteiger partial charge in [-0.2, -0.15) is 0 Å². The van der Waals surface area contributed by atoms with Gasteiger partial charge >= 0.3 is 5.97 Å². The van der Waals surface area contributed by atoms with Gasteiger partial charge in [0.05, 0.1) is 17.9 Å². The number of likely N-dealkylation sites (tertiary alicyclic amines) is 1. The van der Waals surface area contributed by atoms with Crippen molar-refractivity contribution in [1.82, 2.24) is 4.90 Å². The van der Waals surface area contributed by atoms with Crippen LogP contribution in [-0.4, -0.2) is 37.0 Å². The van der Waals surface area contributed by atoms with Crippen LogP contribution in [0, 0.1) is 10.8 Å². The van der Waals surface area contributed by atoms with Crippen LogP contribution in [0.5, 0.6) is 0 Å². The summed E-state index contributed by atoms with van der Waals surface area (Å²) in [4.78, 5) is 26.3. The zero-order chi connectivity index (χ0) is 12.1. The van der Waals surface area contributed by atoms with E-state index in [0.29, 0.717) is 5.91 Å². The van der Waals surface area contributed by atoms with Gasteiger partial charge < -0.3 is 9.64 Å². The number of ether oxygens (including phenoxy) is 1. The standard InChI is InChI=1S/C13H19NO3/c1-17-11(16)13-5-3-12(9-13,4-6-13)10(15)14-7-2-8-14/h2-9H2,1H3. The Hall–Kier alpha value is -1.06. The van der Waals surface area contributed by atoms with E-state index in [0.717, 1.165) is 51.6 Å². The fourth-order valence-electron chi connectivity index (χ4n) is 3.85. The quantitative estimate of drug-likeness (QED) is 0.681. The number of hydrogen-bond acceptors (Lipinski definition) is 3. The number of nitrogens with zero attached hydrogens (tertiary/aromatic N) is 1. The van der Waals surface area contributed by atoms with Crippen molar-refractivity contribution >= 4 is 11.9 Å². The number of carbonyl (C=O) groups is 2. The largest absolute Gasteiger partial charge is 0.469 e. The van der Waals surface area contributed by atoms with Crippen molar-refractivity contribution in [2.75, 3.05) is 20.2 Å². The number of rotatable bonds is 2. The van der Waals surface area contributed by atoms with Crippen molar-refractivity contribution in [1.29, 1.82) is 0 Å². The van der Waals surface area contributed by atoms with E-state index in [1.807, 2.05) is 4.90 Å². The maximum Gasteiger partial charge on any atom is 0.311 e. The van der Waals surface area contributed by atoms with Crippen LogP contribution in [0.1, 0.15) is 38.5 Å². The molecule has 3 aliphatic rings. The average Bonchev–Trinajstić information content (AvgIpc) is 2.84. The molecule has 1 saturated heterocycles.